The van der Waals surface area contributed by atoms with E-state index in [9.17, 15) is 13.2 Å². The molecule has 1 unspecified atom stereocenters. The van der Waals surface area contributed by atoms with Crippen molar-refractivity contribution in [1.82, 2.24) is 4.90 Å². The molecule has 1 aliphatic heterocycles. The Bertz CT molecular complexity index is 421. The number of rotatable bonds is 5. The van der Waals surface area contributed by atoms with Gasteiger partial charge in [-0.2, -0.15) is 13.2 Å². The van der Waals surface area contributed by atoms with Gasteiger partial charge in [0.1, 0.15) is 6.61 Å². The highest BCUT2D eigenvalue weighted by molar-refractivity contribution is 5.15. The largest absolute Gasteiger partial charge is 0.411 e. The Hall–Kier alpha value is -1.07. The molecule has 1 aromatic carbocycles. The van der Waals surface area contributed by atoms with Gasteiger partial charge >= 0.3 is 6.18 Å². The van der Waals surface area contributed by atoms with Gasteiger partial charge in [0.2, 0.25) is 0 Å². The molecule has 1 atom stereocenters. The molecule has 0 amide bonds. The first kappa shape index (κ1) is 15.3. The summed E-state index contributed by atoms with van der Waals surface area (Å²) in [5.41, 5.74) is 0.873. The van der Waals surface area contributed by atoms with Crippen molar-refractivity contribution in [3.8, 4) is 0 Å². The quantitative estimate of drug-likeness (QED) is 0.820. The third-order valence-electron chi connectivity index (χ3n) is 3.80. The van der Waals surface area contributed by atoms with E-state index in [2.05, 4.69) is 4.90 Å². The zero-order valence-corrected chi connectivity index (χ0v) is 11.6. The first-order valence-corrected chi connectivity index (χ1v) is 6.83. The summed E-state index contributed by atoms with van der Waals surface area (Å²) < 4.78 is 41.4. The molecular formula is C15H20F3NO. The van der Waals surface area contributed by atoms with E-state index >= 15 is 0 Å². The summed E-state index contributed by atoms with van der Waals surface area (Å²) in [5.74, 6) is 0. The van der Waals surface area contributed by atoms with Gasteiger partial charge in [0.05, 0.1) is 6.61 Å². The number of ether oxygens (including phenoxy) is 1. The zero-order valence-electron chi connectivity index (χ0n) is 11.6. The molecule has 1 saturated heterocycles. The average Bonchev–Trinajstić information content (AvgIpc) is 2.71. The molecule has 2 nitrogen and oxygen atoms in total. The second-order valence-corrected chi connectivity index (χ2v) is 5.62. The predicted molar refractivity (Wildman–Crippen MR) is 71.4 cm³/mol. The van der Waals surface area contributed by atoms with Crippen LogP contribution in [0.15, 0.2) is 30.3 Å². The fourth-order valence-corrected chi connectivity index (χ4v) is 2.70. The molecule has 1 heterocycles. The highest BCUT2D eigenvalue weighted by atomic mass is 19.4. The van der Waals surface area contributed by atoms with Crippen LogP contribution in [-0.4, -0.2) is 36.4 Å². The van der Waals surface area contributed by atoms with Crippen LogP contribution in [0.2, 0.25) is 0 Å². The van der Waals surface area contributed by atoms with Gasteiger partial charge in [-0.15, -0.1) is 0 Å². The predicted octanol–water partition coefficient (Wildman–Crippen LogP) is 3.62. The molecule has 0 saturated carbocycles. The summed E-state index contributed by atoms with van der Waals surface area (Å²) >= 11 is 0. The van der Waals surface area contributed by atoms with Crippen molar-refractivity contribution in [2.24, 2.45) is 0 Å². The SMILES string of the molecule is CC1(COCC(F)(F)F)CCCN1Cc1ccccc1. The van der Waals surface area contributed by atoms with Gasteiger partial charge in [0.25, 0.3) is 0 Å². The monoisotopic (exact) mass is 287 g/mol. The van der Waals surface area contributed by atoms with Gasteiger partial charge in [-0.1, -0.05) is 30.3 Å². The highest BCUT2D eigenvalue weighted by Crippen LogP contribution is 2.31. The Labute approximate surface area is 117 Å². The van der Waals surface area contributed by atoms with E-state index in [1.54, 1.807) is 0 Å². The normalized spacial score (nSPS) is 24.2. The second-order valence-electron chi connectivity index (χ2n) is 5.62. The van der Waals surface area contributed by atoms with E-state index in [1.807, 2.05) is 37.3 Å². The van der Waals surface area contributed by atoms with Crippen LogP contribution in [0.3, 0.4) is 0 Å². The minimum Gasteiger partial charge on any atom is -0.370 e. The average molecular weight is 287 g/mol. The maximum Gasteiger partial charge on any atom is 0.411 e. The van der Waals surface area contributed by atoms with E-state index in [0.717, 1.165) is 25.9 Å². The van der Waals surface area contributed by atoms with E-state index in [-0.39, 0.29) is 12.1 Å². The van der Waals surface area contributed by atoms with Crippen molar-refractivity contribution in [2.45, 2.75) is 38.0 Å². The molecule has 0 radical (unpaired) electrons. The lowest BCUT2D eigenvalue weighted by atomic mass is 9.99. The highest BCUT2D eigenvalue weighted by Gasteiger charge is 2.38. The van der Waals surface area contributed by atoms with Crippen LogP contribution < -0.4 is 0 Å². The van der Waals surface area contributed by atoms with Crippen molar-refractivity contribution >= 4 is 0 Å². The Morgan fingerprint density at radius 1 is 1.25 bits per heavy atom. The van der Waals surface area contributed by atoms with Crippen LogP contribution in [0, 0.1) is 0 Å². The minimum absolute atomic E-state index is 0.124. The van der Waals surface area contributed by atoms with Crippen LogP contribution in [0.1, 0.15) is 25.3 Å². The summed E-state index contributed by atoms with van der Waals surface area (Å²) in [4.78, 5) is 2.22. The maximum atomic E-state index is 12.2. The second kappa shape index (κ2) is 6.14. The standard InChI is InChI=1S/C15H20F3NO/c1-14(11-20-12-15(16,17)18)8-5-9-19(14)10-13-6-3-2-4-7-13/h2-4,6-7H,5,8-12H2,1H3. The Balaban J connectivity index is 1.92. The molecule has 2 rings (SSSR count). The van der Waals surface area contributed by atoms with Crippen LogP contribution in [0.25, 0.3) is 0 Å². The Morgan fingerprint density at radius 2 is 1.95 bits per heavy atom. The number of hydrogen-bond donors (Lipinski definition) is 0. The molecule has 20 heavy (non-hydrogen) atoms. The number of hydrogen-bond acceptors (Lipinski definition) is 2. The molecule has 112 valence electrons. The molecule has 1 fully saturated rings. The van der Waals surface area contributed by atoms with Crippen molar-refractivity contribution < 1.29 is 17.9 Å². The summed E-state index contributed by atoms with van der Waals surface area (Å²) in [5, 5.41) is 0. The summed E-state index contributed by atoms with van der Waals surface area (Å²) in [6.45, 7) is 2.61. The van der Waals surface area contributed by atoms with Gasteiger partial charge < -0.3 is 4.74 Å². The molecule has 1 aliphatic rings. The van der Waals surface area contributed by atoms with Crippen molar-refractivity contribution in [3.05, 3.63) is 35.9 Å². The van der Waals surface area contributed by atoms with Gasteiger partial charge in [-0.3, -0.25) is 4.90 Å². The third kappa shape index (κ3) is 4.21. The topological polar surface area (TPSA) is 12.5 Å². The number of benzene rings is 1. The fraction of sp³-hybridized carbons (Fsp3) is 0.600. The summed E-state index contributed by atoms with van der Waals surface area (Å²) in [6.07, 6.45) is -2.38. The van der Waals surface area contributed by atoms with Gasteiger partial charge in [-0.25, -0.2) is 0 Å². The molecule has 1 aromatic rings. The number of likely N-dealkylation sites (tertiary alicyclic amines) is 1. The van der Waals surface area contributed by atoms with E-state index in [4.69, 9.17) is 4.74 Å². The first-order valence-electron chi connectivity index (χ1n) is 6.83. The first-order chi connectivity index (χ1) is 9.39. The Morgan fingerprint density at radius 3 is 2.60 bits per heavy atom. The number of nitrogens with zero attached hydrogens (tertiary/aromatic N) is 1. The minimum atomic E-state index is -4.25. The van der Waals surface area contributed by atoms with Crippen molar-refractivity contribution in [2.75, 3.05) is 19.8 Å². The lowest BCUT2D eigenvalue weighted by Gasteiger charge is -2.35. The molecule has 0 spiro atoms. The lowest BCUT2D eigenvalue weighted by molar-refractivity contribution is -0.180. The van der Waals surface area contributed by atoms with E-state index < -0.39 is 12.8 Å². The Kier molecular flexibility index (Phi) is 4.70. The molecule has 0 N–H and O–H groups in total. The van der Waals surface area contributed by atoms with Crippen LogP contribution in [0.5, 0.6) is 0 Å². The van der Waals surface area contributed by atoms with Crippen molar-refractivity contribution in [1.29, 1.82) is 0 Å². The number of halogens is 3. The van der Waals surface area contributed by atoms with E-state index in [0.29, 0.717) is 0 Å². The van der Waals surface area contributed by atoms with Crippen molar-refractivity contribution in [3.63, 3.8) is 0 Å². The van der Waals surface area contributed by atoms with Gasteiger partial charge in [0.15, 0.2) is 0 Å². The molecule has 5 heteroatoms. The fourth-order valence-electron chi connectivity index (χ4n) is 2.70. The molecular weight excluding hydrogens is 267 g/mol. The van der Waals surface area contributed by atoms with Gasteiger partial charge in [0, 0.05) is 12.1 Å². The van der Waals surface area contributed by atoms with Crippen LogP contribution >= 0.6 is 0 Å². The molecule has 0 aromatic heterocycles. The summed E-state index contributed by atoms with van der Waals surface area (Å²) in [7, 11) is 0. The molecule has 0 aliphatic carbocycles. The van der Waals surface area contributed by atoms with Crippen LogP contribution in [0.4, 0.5) is 13.2 Å². The van der Waals surface area contributed by atoms with Gasteiger partial charge in [-0.05, 0) is 31.9 Å². The lowest BCUT2D eigenvalue weighted by Crippen LogP contribution is -2.45. The maximum absolute atomic E-state index is 12.2. The summed E-state index contributed by atoms with van der Waals surface area (Å²) in [6, 6.07) is 9.98. The zero-order chi connectivity index (χ0) is 14.6. The number of alkyl halides is 3. The van der Waals surface area contributed by atoms with E-state index in [1.165, 1.54) is 5.56 Å². The smallest absolute Gasteiger partial charge is 0.370 e. The third-order valence-corrected chi connectivity index (χ3v) is 3.80. The van der Waals surface area contributed by atoms with Crippen LogP contribution in [-0.2, 0) is 11.3 Å². The molecule has 0 bridgehead atoms.